The van der Waals surface area contributed by atoms with Crippen LogP contribution in [0.3, 0.4) is 0 Å². The molecule has 21 heavy (non-hydrogen) atoms. The average molecular weight is 370 g/mol. The van der Waals surface area contributed by atoms with Crippen LogP contribution in [0.2, 0.25) is 0 Å². The quantitative estimate of drug-likeness (QED) is 0.879. The summed E-state index contributed by atoms with van der Waals surface area (Å²) < 4.78 is 33.0. The van der Waals surface area contributed by atoms with E-state index in [1.807, 2.05) is 31.2 Å². The van der Waals surface area contributed by atoms with E-state index in [-0.39, 0.29) is 11.4 Å². The topological polar surface area (TPSA) is 55.4 Å². The summed E-state index contributed by atoms with van der Waals surface area (Å²) in [6, 6.07) is 12.4. The van der Waals surface area contributed by atoms with Gasteiger partial charge in [0.05, 0.1) is 16.5 Å². The van der Waals surface area contributed by atoms with Crippen LogP contribution in [0.4, 0.5) is 0 Å². The third-order valence-electron chi connectivity index (χ3n) is 3.02. The van der Waals surface area contributed by atoms with Crippen LogP contribution in [-0.4, -0.2) is 15.5 Å². The highest BCUT2D eigenvalue weighted by molar-refractivity contribution is 9.10. The Balaban J connectivity index is 2.16. The Morgan fingerprint density at radius 2 is 1.81 bits per heavy atom. The van der Waals surface area contributed by atoms with Gasteiger partial charge in [-0.3, -0.25) is 0 Å². The molecular formula is C15H16BrNO3S. The van der Waals surface area contributed by atoms with Crippen molar-refractivity contribution in [2.75, 3.05) is 7.11 Å². The SMILES string of the molecule is COc1cc(S(=O)(=O)NCc2ccc(C)cc2)ccc1Br. The van der Waals surface area contributed by atoms with E-state index in [0.29, 0.717) is 10.2 Å². The Hall–Kier alpha value is -1.37. The molecule has 0 fully saturated rings. The van der Waals surface area contributed by atoms with E-state index in [1.54, 1.807) is 6.07 Å². The van der Waals surface area contributed by atoms with Crippen LogP contribution < -0.4 is 9.46 Å². The van der Waals surface area contributed by atoms with Crippen molar-refractivity contribution >= 4 is 26.0 Å². The number of aryl methyl sites for hydroxylation is 1. The van der Waals surface area contributed by atoms with E-state index in [9.17, 15) is 8.42 Å². The first-order valence-electron chi connectivity index (χ1n) is 6.31. The van der Waals surface area contributed by atoms with Crippen molar-refractivity contribution in [1.82, 2.24) is 4.72 Å². The smallest absolute Gasteiger partial charge is 0.241 e. The summed E-state index contributed by atoms with van der Waals surface area (Å²) in [7, 11) is -2.07. The second-order valence-electron chi connectivity index (χ2n) is 4.61. The summed E-state index contributed by atoms with van der Waals surface area (Å²) in [4.78, 5) is 0.176. The molecule has 0 bridgehead atoms. The van der Waals surface area contributed by atoms with Crippen LogP contribution >= 0.6 is 15.9 Å². The third-order valence-corrected chi connectivity index (χ3v) is 5.07. The Morgan fingerprint density at radius 3 is 2.43 bits per heavy atom. The zero-order valence-corrected chi connectivity index (χ0v) is 14.2. The molecule has 0 aliphatic carbocycles. The second kappa shape index (κ2) is 6.60. The number of hydrogen-bond acceptors (Lipinski definition) is 3. The molecule has 4 nitrogen and oxygen atoms in total. The maximum absolute atomic E-state index is 12.3. The lowest BCUT2D eigenvalue weighted by atomic mass is 10.2. The van der Waals surface area contributed by atoms with Gasteiger partial charge in [-0.1, -0.05) is 29.8 Å². The van der Waals surface area contributed by atoms with E-state index in [1.165, 1.54) is 19.2 Å². The van der Waals surface area contributed by atoms with Gasteiger partial charge in [0, 0.05) is 12.6 Å². The van der Waals surface area contributed by atoms with Gasteiger partial charge in [-0.05, 0) is 40.5 Å². The normalized spacial score (nSPS) is 11.4. The van der Waals surface area contributed by atoms with Crippen molar-refractivity contribution in [2.45, 2.75) is 18.4 Å². The molecule has 1 N–H and O–H groups in total. The van der Waals surface area contributed by atoms with E-state index >= 15 is 0 Å². The Morgan fingerprint density at radius 1 is 1.14 bits per heavy atom. The Labute approximate surface area is 133 Å². The van der Waals surface area contributed by atoms with Crippen molar-refractivity contribution in [3.05, 3.63) is 58.1 Å². The maximum atomic E-state index is 12.3. The highest BCUT2D eigenvalue weighted by Crippen LogP contribution is 2.27. The molecule has 0 spiro atoms. The zero-order valence-electron chi connectivity index (χ0n) is 11.8. The highest BCUT2D eigenvalue weighted by Gasteiger charge is 2.15. The fraction of sp³-hybridized carbons (Fsp3) is 0.200. The van der Waals surface area contributed by atoms with Crippen LogP contribution in [-0.2, 0) is 16.6 Å². The summed E-state index contributed by atoms with van der Waals surface area (Å²) in [6.07, 6.45) is 0. The Kier molecular flexibility index (Phi) is 5.03. The number of ether oxygens (including phenoxy) is 1. The maximum Gasteiger partial charge on any atom is 0.241 e. The first kappa shape index (κ1) is 16.0. The van der Waals surface area contributed by atoms with Crippen LogP contribution in [0.5, 0.6) is 5.75 Å². The minimum Gasteiger partial charge on any atom is -0.496 e. The summed E-state index contributed by atoms with van der Waals surface area (Å²) >= 11 is 3.30. The fourth-order valence-electron chi connectivity index (χ4n) is 1.77. The molecule has 2 aromatic carbocycles. The summed E-state index contributed by atoms with van der Waals surface area (Å²) in [6.45, 7) is 2.24. The van der Waals surface area contributed by atoms with Gasteiger partial charge in [0.15, 0.2) is 0 Å². The van der Waals surface area contributed by atoms with Gasteiger partial charge in [-0.2, -0.15) is 0 Å². The van der Waals surface area contributed by atoms with Gasteiger partial charge in [0.1, 0.15) is 5.75 Å². The summed E-state index contributed by atoms with van der Waals surface area (Å²) in [5, 5.41) is 0. The molecule has 2 rings (SSSR count). The number of hydrogen-bond donors (Lipinski definition) is 1. The molecule has 0 aliphatic heterocycles. The van der Waals surface area contributed by atoms with Gasteiger partial charge in [0.2, 0.25) is 10.0 Å². The van der Waals surface area contributed by atoms with Crippen LogP contribution in [0, 0.1) is 6.92 Å². The van der Waals surface area contributed by atoms with Gasteiger partial charge >= 0.3 is 0 Å². The number of rotatable bonds is 5. The van der Waals surface area contributed by atoms with Crippen molar-refractivity contribution in [3.8, 4) is 5.75 Å². The third kappa shape index (κ3) is 4.06. The molecule has 0 heterocycles. The minimum atomic E-state index is -3.57. The minimum absolute atomic E-state index is 0.176. The molecule has 0 aromatic heterocycles. The van der Waals surface area contributed by atoms with Crippen molar-refractivity contribution in [2.24, 2.45) is 0 Å². The first-order valence-corrected chi connectivity index (χ1v) is 8.59. The Bertz CT molecular complexity index is 727. The summed E-state index contributed by atoms with van der Waals surface area (Å²) in [5.74, 6) is 0.480. The average Bonchev–Trinajstić information content (AvgIpc) is 2.47. The molecule has 112 valence electrons. The monoisotopic (exact) mass is 369 g/mol. The lowest BCUT2D eigenvalue weighted by molar-refractivity contribution is 0.410. The largest absolute Gasteiger partial charge is 0.496 e. The molecule has 0 unspecified atom stereocenters. The predicted molar refractivity (Wildman–Crippen MR) is 85.9 cm³/mol. The van der Waals surface area contributed by atoms with E-state index in [0.717, 1.165) is 11.1 Å². The summed E-state index contributed by atoms with van der Waals surface area (Å²) in [5.41, 5.74) is 2.05. The number of benzene rings is 2. The number of nitrogens with one attached hydrogen (secondary N) is 1. The molecule has 0 saturated heterocycles. The molecule has 6 heteroatoms. The number of sulfonamides is 1. The molecule has 0 amide bonds. The van der Waals surface area contributed by atoms with Crippen molar-refractivity contribution in [3.63, 3.8) is 0 Å². The highest BCUT2D eigenvalue weighted by atomic mass is 79.9. The standard InChI is InChI=1S/C15H16BrNO3S/c1-11-3-5-12(6-4-11)10-17-21(18,19)13-7-8-14(16)15(9-13)20-2/h3-9,17H,10H2,1-2H3. The molecule has 2 aromatic rings. The zero-order chi connectivity index (χ0) is 15.5. The van der Waals surface area contributed by atoms with Gasteiger partial charge in [-0.15, -0.1) is 0 Å². The van der Waals surface area contributed by atoms with Crippen molar-refractivity contribution < 1.29 is 13.2 Å². The number of methoxy groups -OCH3 is 1. The van der Waals surface area contributed by atoms with Crippen molar-refractivity contribution in [1.29, 1.82) is 0 Å². The molecular weight excluding hydrogens is 354 g/mol. The van der Waals surface area contributed by atoms with Gasteiger partial charge < -0.3 is 4.74 Å². The van der Waals surface area contributed by atoms with E-state index < -0.39 is 10.0 Å². The van der Waals surface area contributed by atoms with Crippen LogP contribution in [0.25, 0.3) is 0 Å². The van der Waals surface area contributed by atoms with Gasteiger partial charge in [0.25, 0.3) is 0 Å². The molecule has 0 aliphatic rings. The lowest BCUT2D eigenvalue weighted by Crippen LogP contribution is -2.23. The second-order valence-corrected chi connectivity index (χ2v) is 7.23. The van der Waals surface area contributed by atoms with Crippen LogP contribution in [0.1, 0.15) is 11.1 Å². The number of halogens is 1. The van der Waals surface area contributed by atoms with Gasteiger partial charge in [-0.25, -0.2) is 13.1 Å². The van der Waals surface area contributed by atoms with E-state index in [2.05, 4.69) is 20.7 Å². The first-order chi connectivity index (χ1) is 9.92. The van der Waals surface area contributed by atoms with E-state index in [4.69, 9.17) is 4.74 Å². The molecule has 0 saturated carbocycles. The van der Waals surface area contributed by atoms with Crippen LogP contribution in [0.15, 0.2) is 51.8 Å². The molecule has 0 radical (unpaired) electrons. The molecule has 0 atom stereocenters. The predicted octanol–water partition coefficient (Wildman–Crippen LogP) is 3.24. The fourth-order valence-corrected chi connectivity index (χ4v) is 3.22. The lowest BCUT2D eigenvalue weighted by Gasteiger charge is -2.09.